The Bertz CT molecular complexity index is 845. The van der Waals surface area contributed by atoms with Crippen LogP contribution in [0.4, 0.5) is 10.1 Å². The van der Waals surface area contributed by atoms with Gasteiger partial charge in [0.2, 0.25) is 0 Å². The van der Waals surface area contributed by atoms with Crippen molar-refractivity contribution >= 4 is 5.69 Å². The van der Waals surface area contributed by atoms with Gasteiger partial charge >= 0.3 is 0 Å². The summed E-state index contributed by atoms with van der Waals surface area (Å²) in [6, 6.07) is 10.0. The summed E-state index contributed by atoms with van der Waals surface area (Å²) in [5, 5.41) is 3.64. The van der Waals surface area contributed by atoms with Crippen LogP contribution in [0.2, 0.25) is 0 Å². The van der Waals surface area contributed by atoms with Crippen LogP contribution in [0.25, 0.3) is 0 Å². The summed E-state index contributed by atoms with van der Waals surface area (Å²) in [5.74, 6) is 0.165. The molecule has 1 aromatic carbocycles. The number of fused-ring (bicyclic) bond motifs is 1. The zero-order valence-electron chi connectivity index (χ0n) is 15.8. The highest BCUT2D eigenvalue weighted by Gasteiger charge is 2.42. The number of pyridine rings is 1. The molecule has 3 fully saturated rings. The first-order chi connectivity index (χ1) is 13.7. The Balaban J connectivity index is 1.36. The van der Waals surface area contributed by atoms with Gasteiger partial charge in [0.05, 0.1) is 17.9 Å². The van der Waals surface area contributed by atoms with E-state index in [2.05, 4.69) is 32.1 Å². The molecule has 3 aliphatic heterocycles. The van der Waals surface area contributed by atoms with Gasteiger partial charge in [0.15, 0.2) is 0 Å². The number of piperidine rings is 1. The standard InChI is InChI=1S/C21H27FN6/c22-18-4-2-1-3-16(18)21-17-8-19(25-11-20(17)26-27-21)13-7-15(10-24-9-13)28-6-5-14(23)12-28/h1-4,7,9-10,14,17,19-21,25-27H,5-6,8,11-12,23H2/t14-,17?,19?,20?,21?/m0/s1. The number of nitrogens with one attached hydrogen (secondary N) is 3. The van der Waals surface area contributed by atoms with Gasteiger partial charge in [0, 0.05) is 49.5 Å². The smallest absolute Gasteiger partial charge is 0.128 e. The summed E-state index contributed by atoms with van der Waals surface area (Å²) in [4.78, 5) is 6.81. The Morgan fingerprint density at radius 3 is 2.89 bits per heavy atom. The molecule has 0 spiro atoms. The van der Waals surface area contributed by atoms with E-state index in [0.717, 1.165) is 43.7 Å². The van der Waals surface area contributed by atoms with Crippen LogP contribution in [0.3, 0.4) is 0 Å². The maximum absolute atomic E-state index is 14.4. The zero-order chi connectivity index (χ0) is 19.1. The summed E-state index contributed by atoms with van der Waals surface area (Å²) < 4.78 is 14.4. The Morgan fingerprint density at radius 1 is 1.18 bits per heavy atom. The number of rotatable bonds is 3. The van der Waals surface area contributed by atoms with Crippen molar-refractivity contribution in [1.29, 1.82) is 0 Å². The monoisotopic (exact) mass is 382 g/mol. The first-order valence-electron chi connectivity index (χ1n) is 10.1. The molecule has 3 saturated heterocycles. The van der Waals surface area contributed by atoms with Crippen molar-refractivity contribution in [2.45, 2.75) is 37.0 Å². The molecule has 3 aliphatic rings. The van der Waals surface area contributed by atoms with Gasteiger partial charge in [-0.25, -0.2) is 9.82 Å². The van der Waals surface area contributed by atoms with E-state index in [1.807, 2.05) is 24.5 Å². The SMILES string of the molecule is N[C@H]1CCN(c2cncc(C3CC4C(CN3)NNC4c3ccccc3F)c2)C1. The number of nitrogens with two attached hydrogens (primary N) is 1. The maximum atomic E-state index is 14.4. The number of halogens is 1. The van der Waals surface area contributed by atoms with Gasteiger partial charge in [-0.1, -0.05) is 18.2 Å². The van der Waals surface area contributed by atoms with Crippen LogP contribution in [0.15, 0.2) is 42.7 Å². The predicted molar refractivity (Wildman–Crippen MR) is 107 cm³/mol. The van der Waals surface area contributed by atoms with Crippen LogP contribution in [-0.2, 0) is 0 Å². The van der Waals surface area contributed by atoms with Crippen molar-refractivity contribution in [3.8, 4) is 0 Å². The van der Waals surface area contributed by atoms with Crippen molar-refractivity contribution in [2.75, 3.05) is 24.5 Å². The number of nitrogens with zero attached hydrogens (tertiary/aromatic N) is 2. The molecule has 2 aromatic rings. The molecule has 28 heavy (non-hydrogen) atoms. The number of anilines is 1. The first kappa shape index (κ1) is 18.0. The maximum Gasteiger partial charge on any atom is 0.128 e. The number of aromatic nitrogens is 1. The highest BCUT2D eigenvalue weighted by atomic mass is 19.1. The van der Waals surface area contributed by atoms with E-state index in [4.69, 9.17) is 5.73 Å². The third-order valence-electron chi connectivity index (χ3n) is 6.44. The van der Waals surface area contributed by atoms with Crippen LogP contribution in [0.1, 0.15) is 36.1 Å². The number of hydrazine groups is 1. The van der Waals surface area contributed by atoms with Gasteiger partial charge in [-0.15, -0.1) is 0 Å². The van der Waals surface area contributed by atoms with E-state index in [1.165, 1.54) is 11.6 Å². The van der Waals surface area contributed by atoms with Crippen LogP contribution >= 0.6 is 0 Å². The minimum Gasteiger partial charge on any atom is -0.369 e. The average Bonchev–Trinajstić information content (AvgIpc) is 3.34. The minimum absolute atomic E-state index is 0.0245. The van der Waals surface area contributed by atoms with Crippen molar-refractivity contribution in [3.05, 3.63) is 59.7 Å². The number of hydrogen-bond acceptors (Lipinski definition) is 6. The number of benzene rings is 1. The molecule has 0 radical (unpaired) electrons. The van der Waals surface area contributed by atoms with Gasteiger partial charge in [0.25, 0.3) is 0 Å². The topological polar surface area (TPSA) is 78.2 Å². The van der Waals surface area contributed by atoms with Crippen LogP contribution < -0.4 is 26.8 Å². The largest absolute Gasteiger partial charge is 0.369 e. The molecule has 4 unspecified atom stereocenters. The molecule has 1 aromatic heterocycles. The van der Waals surface area contributed by atoms with Crippen LogP contribution in [-0.4, -0.2) is 36.7 Å². The molecular weight excluding hydrogens is 355 g/mol. The second-order valence-electron chi connectivity index (χ2n) is 8.23. The van der Waals surface area contributed by atoms with Gasteiger partial charge in [-0.05, 0) is 36.5 Å². The Labute approximate surface area is 164 Å². The molecule has 4 heterocycles. The lowest BCUT2D eigenvalue weighted by Crippen LogP contribution is -2.46. The molecular formula is C21H27FN6. The Morgan fingerprint density at radius 2 is 2.07 bits per heavy atom. The first-order valence-corrected chi connectivity index (χ1v) is 10.1. The molecule has 7 heteroatoms. The van der Waals surface area contributed by atoms with E-state index in [9.17, 15) is 4.39 Å². The highest BCUT2D eigenvalue weighted by molar-refractivity contribution is 5.48. The van der Waals surface area contributed by atoms with Crippen molar-refractivity contribution in [1.82, 2.24) is 21.2 Å². The van der Waals surface area contributed by atoms with Crippen molar-refractivity contribution in [2.24, 2.45) is 11.7 Å². The average molecular weight is 382 g/mol. The lowest BCUT2D eigenvalue weighted by atomic mass is 9.80. The lowest BCUT2D eigenvalue weighted by molar-refractivity contribution is 0.264. The molecule has 0 bridgehead atoms. The Kier molecular flexibility index (Phi) is 4.76. The molecule has 5 rings (SSSR count). The molecule has 5 N–H and O–H groups in total. The normalized spacial score (nSPS) is 32.5. The molecule has 0 saturated carbocycles. The minimum atomic E-state index is -0.147. The second kappa shape index (κ2) is 7.40. The second-order valence-corrected chi connectivity index (χ2v) is 8.23. The molecule has 5 atom stereocenters. The van der Waals surface area contributed by atoms with Crippen LogP contribution in [0.5, 0.6) is 0 Å². The molecule has 148 valence electrons. The Hall–Kier alpha value is -2.06. The quantitative estimate of drug-likeness (QED) is 0.646. The summed E-state index contributed by atoms with van der Waals surface area (Å²) in [7, 11) is 0. The molecule has 0 aliphatic carbocycles. The van der Waals surface area contributed by atoms with E-state index < -0.39 is 0 Å². The van der Waals surface area contributed by atoms with E-state index in [1.54, 1.807) is 6.07 Å². The number of hydrogen-bond donors (Lipinski definition) is 4. The van der Waals surface area contributed by atoms with Crippen LogP contribution in [0, 0.1) is 11.7 Å². The zero-order valence-corrected chi connectivity index (χ0v) is 15.8. The van der Waals surface area contributed by atoms with Crippen molar-refractivity contribution in [3.63, 3.8) is 0 Å². The lowest BCUT2D eigenvalue weighted by Gasteiger charge is -2.35. The van der Waals surface area contributed by atoms with E-state index in [-0.39, 0.29) is 30.0 Å². The summed E-state index contributed by atoms with van der Waals surface area (Å²) >= 11 is 0. The fourth-order valence-corrected chi connectivity index (χ4v) is 4.89. The van der Waals surface area contributed by atoms with E-state index in [0.29, 0.717) is 5.92 Å². The van der Waals surface area contributed by atoms with Gasteiger partial charge < -0.3 is 16.0 Å². The molecule has 6 nitrogen and oxygen atoms in total. The summed E-state index contributed by atoms with van der Waals surface area (Å²) in [6.07, 6.45) is 5.82. The van der Waals surface area contributed by atoms with Gasteiger partial charge in [-0.2, -0.15) is 0 Å². The van der Waals surface area contributed by atoms with Crippen molar-refractivity contribution < 1.29 is 4.39 Å². The third kappa shape index (κ3) is 3.28. The fraction of sp³-hybridized carbons (Fsp3) is 0.476. The third-order valence-corrected chi connectivity index (χ3v) is 6.44. The summed E-state index contributed by atoms with van der Waals surface area (Å²) in [5.41, 5.74) is 15.8. The van der Waals surface area contributed by atoms with E-state index >= 15 is 0 Å². The van der Waals surface area contributed by atoms with Gasteiger partial charge in [0.1, 0.15) is 5.82 Å². The fourth-order valence-electron chi connectivity index (χ4n) is 4.89. The molecule has 0 amide bonds. The highest BCUT2D eigenvalue weighted by Crippen LogP contribution is 2.39. The van der Waals surface area contributed by atoms with Gasteiger partial charge in [-0.3, -0.25) is 10.4 Å². The predicted octanol–water partition coefficient (Wildman–Crippen LogP) is 1.63. The summed E-state index contributed by atoms with van der Waals surface area (Å²) in [6.45, 7) is 2.71.